The summed E-state index contributed by atoms with van der Waals surface area (Å²) < 4.78 is 13.2. The number of carbonyl (C=O) groups is 2. The van der Waals surface area contributed by atoms with Gasteiger partial charge in [0.05, 0.1) is 0 Å². The molecule has 0 bridgehead atoms. The van der Waals surface area contributed by atoms with E-state index in [4.69, 9.17) is 0 Å². The SMILES string of the molecule is CC(=O)N(CCC(=O)Nc1cccc(F)c1)c1ccc(N2CCCC2)cc1. The van der Waals surface area contributed by atoms with Gasteiger partial charge in [-0.25, -0.2) is 4.39 Å². The van der Waals surface area contributed by atoms with Crippen molar-refractivity contribution in [1.82, 2.24) is 0 Å². The number of amides is 2. The molecule has 1 saturated heterocycles. The molecule has 0 atom stereocenters. The average Bonchev–Trinajstić information content (AvgIpc) is 3.17. The Morgan fingerprint density at radius 2 is 1.81 bits per heavy atom. The molecule has 6 heteroatoms. The van der Waals surface area contributed by atoms with Gasteiger partial charge in [0.1, 0.15) is 5.82 Å². The molecule has 0 spiro atoms. The van der Waals surface area contributed by atoms with Crippen molar-refractivity contribution in [2.75, 3.05) is 34.8 Å². The lowest BCUT2D eigenvalue weighted by Gasteiger charge is -2.23. The van der Waals surface area contributed by atoms with Crippen LogP contribution in [0.2, 0.25) is 0 Å². The molecule has 0 radical (unpaired) electrons. The van der Waals surface area contributed by atoms with Crippen molar-refractivity contribution >= 4 is 28.9 Å². The second kappa shape index (κ2) is 8.66. The van der Waals surface area contributed by atoms with Gasteiger partial charge in [0, 0.05) is 50.0 Å². The molecular weight excluding hydrogens is 345 g/mol. The van der Waals surface area contributed by atoms with Gasteiger partial charge in [0.2, 0.25) is 11.8 Å². The van der Waals surface area contributed by atoms with Crippen molar-refractivity contribution in [3.8, 4) is 0 Å². The highest BCUT2D eigenvalue weighted by molar-refractivity contribution is 5.94. The standard InChI is InChI=1S/C21H24FN3O2/c1-16(26)25(14-11-21(27)23-18-6-4-5-17(22)15-18)20-9-7-19(8-10-20)24-12-2-3-13-24/h4-10,15H,2-3,11-14H2,1H3,(H,23,27). The summed E-state index contributed by atoms with van der Waals surface area (Å²) in [6, 6.07) is 13.6. The third kappa shape index (κ3) is 5.06. The molecule has 142 valence electrons. The predicted molar refractivity (Wildman–Crippen MR) is 106 cm³/mol. The minimum atomic E-state index is -0.406. The minimum Gasteiger partial charge on any atom is -0.372 e. The molecule has 1 heterocycles. The fraction of sp³-hybridized carbons (Fsp3) is 0.333. The van der Waals surface area contributed by atoms with Crippen LogP contribution in [0.5, 0.6) is 0 Å². The highest BCUT2D eigenvalue weighted by Crippen LogP contribution is 2.24. The maximum atomic E-state index is 13.2. The van der Waals surface area contributed by atoms with Crippen LogP contribution in [0.3, 0.4) is 0 Å². The molecule has 0 unspecified atom stereocenters. The summed E-state index contributed by atoms with van der Waals surface area (Å²) in [5.74, 6) is -0.792. The Labute approximate surface area is 158 Å². The Kier molecular flexibility index (Phi) is 6.06. The largest absolute Gasteiger partial charge is 0.372 e. The molecule has 1 aliphatic rings. The van der Waals surface area contributed by atoms with E-state index in [-0.39, 0.29) is 24.8 Å². The molecule has 1 fully saturated rings. The van der Waals surface area contributed by atoms with Crippen molar-refractivity contribution in [2.45, 2.75) is 26.2 Å². The van der Waals surface area contributed by atoms with E-state index < -0.39 is 5.82 Å². The summed E-state index contributed by atoms with van der Waals surface area (Å²) in [5.41, 5.74) is 2.33. The second-order valence-corrected chi connectivity index (χ2v) is 6.69. The van der Waals surface area contributed by atoms with Gasteiger partial charge >= 0.3 is 0 Å². The number of nitrogens with one attached hydrogen (secondary N) is 1. The van der Waals surface area contributed by atoms with Crippen molar-refractivity contribution in [3.05, 3.63) is 54.3 Å². The van der Waals surface area contributed by atoms with Crippen molar-refractivity contribution < 1.29 is 14.0 Å². The first-order valence-corrected chi connectivity index (χ1v) is 9.21. The number of carbonyl (C=O) groups excluding carboxylic acids is 2. The fourth-order valence-corrected chi connectivity index (χ4v) is 3.29. The molecule has 0 saturated carbocycles. The summed E-state index contributed by atoms with van der Waals surface area (Å²) in [7, 11) is 0. The van der Waals surface area contributed by atoms with Gasteiger partial charge in [-0.2, -0.15) is 0 Å². The maximum Gasteiger partial charge on any atom is 0.226 e. The number of halogens is 1. The zero-order valence-corrected chi connectivity index (χ0v) is 15.5. The van der Waals surface area contributed by atoms with Crippen LogP contribution in [0, 0.1) is 5.82 Å². The molecule has 2 aromatic rings. The zero-order valence-electron chi connectivity index (χ0n) is 15.5. The molecule has 2 amide bonds. The number of benzene rings is 2. The molecule has 1 aliphatic heterocycles. The summed E-state index contributed by atoms with van der Waals surface area (Å²) in [5, 5.41) is 2.65. The van der Waals surface area contributed by atoms with Gasteiger partial charge < -0.3 is 15.1 Å². The third-order valence-electron chi connectivity index (χ3n) is 4.68. The zero-order chi connectivity index (χ0) is 19.2. The topological polar surface area (TPSA) is 52.7 Å². The van der Waals surface area contributed by atoms with E-state index in [2.05, 4.69) is 10.2 Å². The minimum absolute atomic E-state index is 0.123. The van der Waals surface area contributed by atoms with Crippen LogP contribution in [-0.4, -0.2) is 31.4 Å². The third-order valence-corrected chi connectivity index (χ3v) is 4.68. The highest BCUT2D eigenvalue weighted by atomic mass is 19.1. The van der Waals surface area contributed by atoms with E-state index in [0.29, 0.717) is 5.69 Å². The predicted octanol–water partition coefficient (Wildman–Crippen LogP) is 3.81. The van der Waals surface area contributed by atoms with Crippen LogP contribution in [0.4, 0.5) is 21.5 Å². The Balaban J connectivity index is 1.60. The molecule has 0 aliphatic carbocycles. The van der Waals surface area contributed by atoms with E-state index in [1.807, 2.05) is 24.3 Å². The van der Waals surface area contributed by atoms with E-state index in [1.165, 1.54) is 38.0 Å². The first kappa shape index (κ1) is 18.9. The molecule has 2 aromatic carbocycles. The van der Waals surface area contributed by atoms with Gasteiger partial charge in [-0.15, -0.1) is 0 Å². The quantitative estimate of drug-likeness (QED) is 0.842. The van der Waals surface area contributed by atoms with Gasteiger partial charge in [-0.1, -0.05) is 6.07 Å². The van der Waals surface area contributed by atoms with Crippen LogP contribution in [-0.2, 0) is 9.59 Å². The Hall–Kier alpha value is -2.89. The molecule has 0 aromatic heterocycles. The lowest BCUT2D eigenvalue weighted by atomic mass is 10.2. The number of anilines is 3. The number of rotatable bonds is 6. The Morgan fingerprint density at radius 3 is 2.44 bits per heavy atom. The Bertz CT molecular complexity index is 801. The number of hydrogen-bond donors (Lipinski definition) is 1. The van der Waals surface area contributed by atoms with Crippen molar-refractivity contribution in [3.63, 3.8) is 0 Å². The monoisotopic (exact) mass is 369 g/mol. The Morgan fingerprint density at radius 1 is 1.11 bits per heavy atom. The fourth-order valence-electron chi connectivity index (χ4n) is 3.29. The smallest absolute Gasteiger partial charge is 0.226 e. The van der Waals surface area contributed by atoms with Crippen LogP contribution in [0.15, 0.2) is 48.5 Å². The maximum absolute atomic E-state index is 13.2. The van der Waals surface area contributed by atoms with Crippen LogP contribution in [0.25, 0.3) is 0 Å². The van der Waals surface area contributed by atoms with Crippen LogP contribution >= 0.6 is 0 Å². The molecular formula is C21H24FN3O2. The summed E-state index contributed by atoms with van der Waals surface area (Å²) in [6.07, 6.45) is 2.55. The number of nitrogens with zero attached hydrogens (tertiary/aromatic N) is 2. The van der Waals surface area contributed by atoms with Crippen molar-refractivity contribution in [1.29, 1.82) is 0 Å². The molecule has 1 N–H and O–H groups in total. The van der Waals surface area contributed by atoms with E-state index in [9.17, 15) is 14.0 Å². The van der Waals surface area contributed by atoms with Crippen LogP contribution in [0.1, 0.15) is 26.2 Å². The molecule has 3 rings (SSSR count). The second-order valence-electron chi connectivity index (χ2n) is 6.69. The lowest BCUT2D eigenvalue weighted by molar-refractivity contribution is -0.117. The highest BCUT2D eigenvalue weighted by Gasteiger charge is 2.16. The summed E-state index contributed by atoms with van der Waals surface area (Å²) in [6.45, 7) is 3.88. The summed E-state index contributed by atoms with van der Waals surface area (Å²) >= 11 is 0. The molecule has 27 heavy (non-hydrogen) atoms. The number of hydrogen-bond acceptors (Lipinski definition) is 3. The van der Waals surface area contributed by atoms with Crippen molar-refractivity contribution in [2.24, 2.45) is 0 Å². The van der Waals surface area contributed by atoms with Gasteiger partial charge in [0.25, 0.3) is 0 Å². The van der Waals surface area contributed by atoms with Gasteiger partial charge in [-0.05, 0) is 55.3 Å². The first-order valence-electron chi connectivity index (χ1n) is 9.21. The van der Waals surface area contributed by atoms with Crippen LogP contribution < -0.4 is 15.1 Å². The van der Waals surface area contributed by atoms with Gasteiger partial charge in [0.15, 0.2) is 0 Å². The molecule has 5 nitrogen and oxygen atoms in total. The normalized spacial score (nSPS) is 13.5. The van der Waals surface area contributed by atoms with Gasteiger partial charge in [-0.3, -0.25) is 9.59 Å². The van der Waals surface area contributed by atoms with E-state index >= 15 is 0 Å². The summed E-state index contributed by atoms with van der Waals surface area (Å²) in [4.78, 5) is 28.1. The first-order chi connectivity index (χ1) is 13.0. The van der Waals surface area contributed by atoms with E-state index in [1.54, 1.807) is 11.0 Å². The van der Waals surface area contributed by atoms with E-state index in [0.717, 1.165) is 24.5 Å². The lowest BCUT2D eigenvalue weighted by Crippen LogP contribution is -2.32. The average molecular weight is 369 g/mol.